The molecule has 0 unspecified atom stereocenters. The Morgan fingerprint density at radius 1 is 0.500 bits per heavy atom. The molecule has 0 amide bonds. The first-order chi connectivity index (χ1) is 40.1. The van der Waals surface area contributed by atoms with Crippen molar-refractivity contribution in [2.75, 3.05) is 72.9 Å². The number of unbranched alkanes of at least 4 members (excludes halogenated alkanes) is 2. The Labute approximate surface area is 510 Å². The Balaban J connectivity index is 1.61. The van der Waals surface area contributed by atoms with Gasteiger partial charge >= 0.3 is 5.97 Å². The summed E-state index contributed by atoms with van der Waals surface area (Å²) in [6.45, 7) is 3.09. The second-order valence-electron chi connectivity index (χ2n) is 21.4. The first-order valence-corrected chi connectivity index (χ1v) is 40.1. The number of allylic oxidation sites excluding steroid dienone is 4. The molecule has 0 fully saturated rings. The van der Waals surface area contributed by atoms with Crippen LogP contribution in [0.5, 0.6) is 0 Å². The molecular formula is C48H65N6O25S9+. The number of carboxylic acid groups (broad SMARTS) is 1. The van der Waals surface area contributed by atoms with Crippen molar-refractivity contribution in [1.29, 1.82) is 0 Å². The molecule has 2 aliphatic heterocycles. The summed E-state index contributed by atoms with van der Waals surface area (Å²) in [6.07, 6.45) is 5.29. The molecule has 6 rings (SSSR count). The van der Waals surface area contributed by atoms with Crippen molar-refractivity contribution in [2.24, 2.45) is 0 Å². The van der Waals surface area contributed by atoms with E-state index in [0.29, 0.717) is 41.6 Å². The van der Waals surface area contributed by atoms with Crippen molar-refractivity contribution < 1.29 is 113 Å². The summed E-state index contributed by atoms with van der Waals surface area (Å²) in [4.78, 5) is 10.3. The number of hydrogen-bond acceptors (Lipinski definition) is 20. The van der Waals surface area contributed by atoms with Crippen molar-refractivity contribution in [2.45, 2.75) is 90.2 Å². The second-order valence-corrected chi connectivity index (χ2v) is 36.2. The third-order valence-electron chi connectivity index (χ3n) is 14.2. The van der Waals surface area contributed by atoms with E-state index in [1.807, 2.05) is 18.9 Å². The number of nitrogens with one attached hydrogen (secondary N) is 4. The van der Waals surface area contributed by atoms with Gasteiger partial charge < -0.3 is 10.0 Å². The van der Waals surface area contributed by atoms with E-state index in [4.69, 9.17) is 0 Å². The van der Waals surface area contributed by atoms with E-state index >= 15 is 0 Å². The lowest BCUT2D eigenvalue weighted by Gasteiger charge is -2.27. The summed E-state index contributed by atoms with van der Waals surface area (Å²) in [6, 6.07) is 9.23. The summed E-state index contributed by atoms with van der Waals surface area (Å²) < 4.78 is 286. The molecule has 0 aromatic heterocycles. The zero-order valence-corrected chi connectivity index (χ0v) is 54.5. The largest absolute Gasteiger partial charge is 0.481 e. The molecule has 0 bridgehead atoms. The Bertz CT molecular complexity index is 4650. The number of fused-ring (bicyclic) bond motifs is 6. The average Bonchev–Trinajstić information content (AvgIpc) is 1.50. The summed E-state index contributed by atoms with van der Waals surface area (Å²) in [5.41, 5.74) is -0.763. The van der Waals surface area contributed by atoms with Crippen LogP contribution in [0.25, 0.3) is 21.5 Å². The van der Waals surface area contributed by atoms with E-state index in [1.54, 1.807) is 55.4 Å². The van der Waals surface area contributed by atoms with Gasteiger partial charge in [0.15, 0.2) is 5.71 Å². The topological polar surface area (TPSA) is 500 Å². The number of carbonyl (C=O) groups is 1. The van der Waals surface area contributed by atoms with Crippen molar-refractivity contribution >= 4 is 135 Å². The number of rotatable bonds is 32. The predicted molar refractivity (Wildman–Crippen MR) is 322 cm³/mol. The minimum absolute atomic E-state index is 0.0118. The number of hydrogen-bond donors (Lipinski definition) is 10. The Kier molecular flexibility index (Phi) is 21.6. The van der Waals surface area contributed by atoms with Crippen LogP contribution in [0.1, 0.15) is 70.9 Å². The SMILES string of the molecule is CC1(C)C(/C=C/C=C2/N(CCCCCC(=O)O)c3ccc4c(S(=O)(=O)NCCS(=O)(=O)O)cc(S(=O)(=O)NCCS(=O)(=O)O)cc4c3C2(C)C)=[N+](CCCS(=O)(=O)O)c2ccc3c(S(=O)(=O)NCCS(=O)(=O)O)cc(S(=O)(=O)NCCS(=O)(=O)O)cc3c21. The number of sulfonamides is 4. The maximum absolute atomic E-state index is 14.1. The molecule has 31 nitrogen and oxygen atoms in total. The molecule has 0 saturated heterocycles. The average molecular weight is 1410 g/mol. The van der Waals surface area contributed by atoms with Gasteiger partial charge in [-0.25, -0.2) is 52.6 Å². The van der Waals surface area contributed by atoms with E-state index in [0.717, 1.165) is 18.2 Å². The van der Waals surface area contributed by atoms with Crippen LogP contribution in [0.4, 0.5) is 11.4 Å². The zero-order valence-electron chi connectivity index (χ0n) is 47.2. The van der Waals surface area contributed by atoms with Gasteiger partial charge in [0.25, 0.3) is 50.6 Å². The number of carboxylic acids is 1. The fraction of sp³-hybridized carbons (Fsp3) is 0.458. The van der Waals surface area contributed by atoms with E-state index in [-0.39, 0.29) is 65.1 Å². The van der Waals surface area contributed by atoms with Crippen LogP contribution in [0.15, 0.2) is 92.0 Å². The van der Waals surface area contributed by atoms with Crippen LogP contribution in [0, 0.1) is 0 Å². The van der Waals surface area contributed by atoms with Crippen molar-refractivity contribution in [3.8, 4) is 0 Å². The second kappa shape index (κ2) is 26.3. The van der Waals surface area contributed by atoms with E-state index in [2.05, 4.69) is 0 Å². The van der Waals surface area contributed by atoms with Gasteiger partial charge in [0.1, 0.15) is 6.54 Å². The molecule has 40 heteroatoms. The maximum Gasteiger partial charge on any atom is 0.303 e. The van der Waals surface area contributed by atoms with E-state index in [9.17, 15) is 108 Å². The monoisotopic (exact) mass is 1410 g/mol. The number of aliphatic carboxylic acids is 1. The predicted octanol–water partition coefficient (Wildman–Crippen LogP) is 1.19. The molecule has 4 aromatic carbocycles. The first kappa shape index (κ1) is 72.1. The molecule has 2 heterocycles. The highest BCUT2D eigenvalue weighted by Crippen LogP contribution is 2.52. The minimum Gasteiger partial charge on any atom is -0.481 e. The third kappa shape index (κ3) is 17.9. The van der Waals surface area contributed by atoms with Crippen molar-refractivity contribution in [1.82, 2.24) is 18.9 Å². The molecule has 2 aliphatic rings. The molecule has 490 valence electrons. The molecular weight excluding hydrogens is 1350 g/mol. The highest BCUT2D eigenvalue weighted by atomic mass is 32.2. The van der Waals surface area contributed by atoms with Crippen molar-refractivity contribution in [3.05, 3.63) is 83.6 Å². The fourth-order valence-corrected chi connectivity index (χ4v) is 17.7. The molecule has 88 heavy (non-hydrogen) atoms. The number of nitrogens with zero attached hydrogens (tertiary/aromatic N) is 2. The fourth-order valence-electron chi connectivity index (χ4n) is 10.4. The van der Waals surface area contributed by atoms with Crippen molar-refractivity contribution in [3.63, 3.8) is 0 Å². The molecule has 0 spiro atoms. The molecule has 0 aliphatic carbocycles. The summed E-state index contributed by atoms with van der Waals surface area (Å²) in [5, 5.41) is 9.03. The van der Waals surface area contributed by atoms with Crippen LogP contribution in [-0.2, 0) is 106 Å². The van der Waals surface area contributed by atoms with Crippen LogP contribution in [0.2, 0.25) is 0 Å². The summed E-state index contributed by atoms with van der Waals surface area (Å²) in [7, 11) is -43.1. The smallest absolute Gasteiger partial charge is 0.303 e. The minimum atomic E-state index is -4.92. The Hall–Kier alpha value is -4.99. The first-order valence-electron chi connectivity index (χ1n) is 26.1. The lowest BCUT2D eigenvalue weighted by atomic mass is 9.78. The molecule has 0 atom stereocenters. The molecule has 10 N–H and O–H groups in total. The van der Waals surface area contributed by atoms with Gasteiger partial charge in [-0.15, -0.1) is 0 Å². The van der Waals surface area contributed by atoms with E-state index in [1.165, 1.54) is 24.3 Å². The molecule has 0 saturated carbocycles. The molecule has 4 aromatic rings. The summed E-state index contributed by atoms with van der Waals surface area (Å²) in [5.74, 6) is -6.21. The van der Waals surface area contributed by atoms with Gasteiger partial charge in [-0.3, -0.25) is 27.6 Å². The maximum atomic E-state index is 14.1. The number of anilines is 1. The molecule has 0 radical (unpaired) electrons. The van der Waals surface area contributed by atoms with Crippen LogP contribution in [0.3, 0.4) is 0 Å². The van der Waals surface area contributed by atoms with Gasteiger partial charge in [0, 0.05) is 90.8 Å². The lowest BCUT2D eigenvalue weighted by molar-refractivity contribution is -0.437. The quantitative estimate of drug-likeness (QED) is 0.0186. The van der Waals surface area contributed by atoms with Gasteiger partial charge in [0.05, 0.1) is 53.8 Å². The van der Waals surface area contributed by atoms with Crippen LogP contribution in [-0.4, -0.2) is 188 Å². The normalized spacial score (nSPS) is 16.6. The van der Waals surface area contributed by atoms with Gasteiger partial charge in [-0.1, -0.05) is 32.4 Å². The zero-order chi connectivity index (χ0) is 66.2. The lowest BCUT2D eigenvalue weighted by Crippen LogP contribution is -2.31. The Morgan fingerprint density at radius 3 is 1.35 bits per heavy atom. The Morgan fingerprint density at radius 2 is 0.920 bits per heavy atom. The highest BCUT2D eigenvalue weighted by molar-refractivity contribution is 7.91. The van der Waals surface area contributed by atoms with Crippen LogP contribution >= 0.6 is 0 Å². The highest BCUT2D eigenvalue weighted by Gasteiger charge is 2.47. The van der Waals surface area contributed by atoms with Gasteiger partial charge in [0.2, 0.25) is 45.8 Å². The van der Waals surface area contributed by atoms with Crippen LogP contribution < -0.4 is 23.8 Å². The standard InChI is InChI=1S/C48H64N6O25S9/c1-47(2)42(53(21-7-5-6-12-44(55)56)38-15-13-34-36(45(38)47)28-32(85(72,73)49-17-24-81(60,61)62)30-40(34)87(76,77)51-19-26-83(66,67)68)10-8-11-43-48(3,4)46-37-29-33(86(74,75)50-18-25-82(63,64)65)31-41(88(78,79)52-20-27-84(69,70)71)35(37)14-16-39(46)54(43)22-9-23-80(57,58)59/h8,10-11,13-16,28-31,49-52H,5-7,9,12,17-27H2,1-4H3,(H5-,55,56,57,58,59,60,61,62,63,64,65,66,67,68,69,70,71)/p+1. The van der Waals surface area contributed by atoms with Gasteiger partial charge in [-0.2, -0.15) is 46.7 Å². The van der Waals surface area contributed by atoms with E-state index < -0.39 is 182 Å². The number of benzene rings is 4. The third-order valence-corrected chi connectivity index (χ3v) is 23.7. The summed E-state index contributed by atoms with van der Waals surface area (Å²) >= 11 is 0. The van der Waals surface area contributed by atoms with Gasteiger partial charge in [-0.05, 0) is 85.5 Å².